The SMILES string of the molecule is CCCCOCc1ccccc1C1CO1. The molecular weight excluding hydrogens is 188 g/mol. The van der Waals surface area contributed by atoms with Crippen LogP contribution in [0.25, 0.3) is 0 Å². The van der Waals surface area contributed by atoms with Crippen LogP contribution in [0.15, 0.2) is 24.3 Å². The van der Waals surface area contributed by atoms with E-state index >= 15 is 0 Å². The predicted octanol–water partition coefficient (Wildman–Crippen LogP) is 3.07. The van der Waals surface area contributed by atoms with Crippen molar-refractivity contribution < 1.29 is 9.47 Å². The minimum Gasteiger partial charge on any atom is -0.377 e. The van der Waals surface area contributed by atoms with Crippen molar-refractivity contribution in [3.05, 3.63) is 35.4 Å². The highest BCUT2D eigenvalue weighted by atomic mass is 16.6. The first-order valence-electron chi connectivity index (χ1n) is 5.69. The van der Waals surface area contributed by atoms with Gasteiger partial charge in [0, 0.05) is 6.61 Å². The average Bonchev–Trinajstić information content (AvgIpc) is 3.09. The fourth-order valence-corrected chi connectivity index (χ4v) is 1.64. The largest absolute Gasteiger partial charge is 0.377 e. The van der Waals surface area contributed by atoms with E-state index in [1.165, 1.54) is 17.5 Å². The third-order valence-electron chi connectivity index (χ3n) is 2.64. The Kier molecular flexibility index (Phi) is 3.75. The van der Waals surface area contributed by atoms with Crippen molar-refractivity contribution in [3.8, 4) is 0 Å². The van der Waals surface area contributed by atoms with E-state index in [1.54, 1.807) is 0 Å². The van der Waals surface area contributed by atoms with Crippen molar-refractivity contribution >= 4 is 0 Å². The molecule has 1 heterocycles. The lowest BCUT2D eigenvalue weighted by Crippen LogP contribution is -1.98. The summed E-state index contributed by atoms with van der Waals surface area (Å²) in [4.78, 5) is 0. The smallest absolute Gasteiger partial charge is 0.106 e. The van der Waals surface area contributed by atoms with Crippen molar-refractivity contribution in [1.82, 2.24) is 0 Å². The summed E-state index contributed by atoms with van der Waals surface area (Å²) in [5, 5.41) is 0. The Morgan fingerprint density at radius 3 is 2.93 bits per heavy atom. The molecule has 0 N–H and O–H groups in total. The Balaban J connectivity index is 1.89. The summed E-state index contributed by atoms with van der Waals surface area (Å²) in [6, 6.07) is 8.39. The van der Waals surface area contributed by atoms with Gasteiger partial charge in [-0.2, -0.15) is 0 Å². The zero-order valence-electron chi connectivity index (χ0n) is 9.24. The number of ether oxygens (including phenoxy) is 2. The molecule has 1 atom stereocenters. The van der Waals surface area contributed by atoms with E-state index in [0.717, 1.165) is 26.2 Å². The van der Waals surface area contributed by atoms with Crippen LogP contribution in [0.3, 0.4) is 0 Å². The first-order valence-corrected chi connectivity index (χ1v) is 5.69. The van der Waals surface area contributed by atoms with Crippen molar-refractivity contribution in [1.29, 1.82) is 0 Å². The molecule has 0 spiro atoms. The van der Waals surface area contributed by atoms with E-state index in [9.17, 15) is 0 Å². The van der Waals surface area contributed by atoms with Crippen molar-refractivity contribution in [2.24, 2.45) is 0 Å². The van der Waals surface area contributed by atoms with E-state index in [4.69, 9.17) is 9.47 Å². The highest BCUT2D eigenvalue weighted by molar-refractivity contribution is 5.30. The van der Waals surface area contributed by atoms with Crippen LogP contribution in [0, 0.1) is 0 Å². The maximum absolute atomic E-state index is 5.62. The highest BCUT2D eigenvalue weighted by Gasteiger charge is 2.26. The molecule has 1 aromatic carbocycles. The van der Waals surface area contributed by atoms with E-state index in [1.807, 2.05) is 0 Å². The molecule has 1 aromatic rings. The molecule has 0 aromatic heterocycles. The number of epoxide rings is 1. The second-order valence-corrected chi connectivity index (χ2v) is 3.93. The van der Waals surface area contributed by atoms with Crippen LogP contribution in [-0.4, -0.2) is 13.2 Å². The molecule has 1 aliphatic rings. The molecule has 0 amide bonds. The lowest BCUT2D eigenvalue weighted by Gasteiger charge is -2.07. The number of benzene rings is 1. The average molecular weight is 206 g/mol. The van der Waals surface area contributed by atoms with Crippen LogP contribution in [0.4, 0.5) is 0 Å². The van der Waals surface area contributed by atoms with Crippen LogP contribution in [0.1, 0.15) is 37.0 Å². The molecular formula is C13H18O2. The molecule has 0 radical (unpaired) electrons. The summed E-state index contributed by atoms with van der Waals surface area (Å²) in [7, 11) is 0. The zero-order valence-corrected chi connectivity index (χ0v) is 9.24. The van der Waals surface area contributed by atoms with Gasteiger partial charge in [0.25, 0.3) is 0 Å². The molecule has 15 heavy (non-hydrogen) atoms. The monoisotopic (exact) mass is 206 g/mol. The number of hydrogen-bond donors (Lipinski definition) is 0. The molecule has 0 aliphatic carbocycles. The predicted molar refractivity (Wildman–Crippen MR) is 59.7 cm³/mol. The molecule has 1 saturated heterocycles. The molecule has 2 nitrogen and oxygen atoms in total. The van der Waals surface area contributed by atoms with Crippen molar-refractivity contribution in [3.63, 3.8) is 0 Å². The van der Waals surface area contributed by atoms with Gasteiger partial charge in [-0.3, -0.25) is 0 Å². The summed E-state index contributed by atoms with van der Waals surface area (Å²) in [6.45, 7) is 4.62. The van der Waals surface area contributed by atoms with Crippen LogP contribution in [-0.2, 0) is 16.1 Å². The normalized spacial score (nSPS) is 19.1. The topological polar surface area (TPSA) is 21.8 Å². The van der Waals surface area contributed by atoms with Crippen LogP contribution >= 0.6 is 0 Å². The van der Waals surface area contributed by atoms with E-state index in [0.29, 0.717) is 6.10 Å². The molecule has 1 fully saturated rings. The second kappa shape index (κ2) is 5.29. The van der Waals surface area contributed by atoms with Gasteiger partial charge < -0.3 is 9.47 Å². The molecule has 1 aliphatic heterocycles. The van der Waals surface area contributed by atoms with E-state index in [-0.39, 0.29) is 0 Å². The quantitative estimate of drug-likeness (QED) is 0.527. The summed E-state index contributed by atoms with van der Waals surface area (Å²) >= 11 is 0. The van der Waals surface area contributed by atoms with E-state index < -0.39 is 0 Å². The fraction of sp³-hybridized carbons (Fsp3) is 0.538. The maximum atomic E-state index is 5.62. The van der Waals surface area contributed by atoms with Crippen LogP contribution in [0.2, 0.25) is 0 Å². The summed E-state index contributed by atoms with van der Waals surface area (Å²) in [5.74, 6) is 0. The summed E-state index contributed by atoms with van der Waals surface area (Å²) < 4.78 is 10.9. The van der Waals surface area contributed by atoms with E-state index in [2.05, 4.69) is 31.2 Å². The minimum absolute atomic E-state index is 0.330. The second-order valence-electron chi connectivity index (χ2n) is 3.93. The summed E-state index contributed by atoms with van der Waals surface area (Å²) in [6.07, 6.45) is 2.66. The number of unbranched alkanes of at least 4 members (excludes halogenated alkanes) is 1. The van der Waals surface area contributed by atoms with Gasteiger partial charge in [0.2, 0.25) is 0 Å². The zero-order chi connectivity index (χ0) is 10.5. The van der Waals surface area contributed by atoms with Crippen LogP contribution < -0.4 is 0 Å². The van der Waals surface area contributed by atoms with Gasteiger partial charge in [0.15, 0.2) is 0 Å². The maximum Gasteiger partial charge on any atom is 0.106 e. The standard InChI is InChI=1S/C13H18O2/c1-2-3-8-14-9-11-6-4-5-7-12(11)13-10-15-13/h4-7,13H,2-3,8-10H2,1H3. The Bertz CT molecular complexity index is 305. The van der Waals surface area contributed by atoms with Gasteiger partial charge in [-0.1, -0.05) is 37.6 Å². The van der Waals surface area contributed by atoms with Crippen molar-refractivity contribution in [2.75, 3.05) is 13.2 Å². The third kappa shape index (κ3) is 3.05. The molecule has 0 saturated carbocycles. The molecule has 1 unspecified atom stereocenters. The molecule has 2 rings (SSSR count). The number of hydrogen-bond acceptors (Lipinski definition) is 2. The van der Waals surface area contributed by atoms with Gasteiger partial charge in [-0.15, -0.1) is 0 Å². The first kappa shape index (κ1) is 10.7. The Labute approximate surface area is 91.2 Å². The van der Waals surface area contributed by atoms with Gasteiger partial charge in [-0.25, -0.2) is 0 Å². The fourth-order valence-electron chi connectivity index (χ4n) is 1.64. The third-order valence-corrected chi connectivity index (χ3v) is 2.64. The Morgan fingerprint density at radius 1 is 1.40 bits per heavy atom. The lowest BCUT2D eigenvalue weighted by atomic mass is 10.1. The Hall–Kier alpha value is -0.860. The molecule has 82 valence electrons. The van der Waals surface area contributed by atoms with Gasteiger partial charge in [0.05, 0.1) is 13.2 Å². The summed E-state index contributed by atoms with van der Waals surface area (Å²) in [5.41, 5.74) is 2.57. The van der Waals surface area contributed by atoms with Crippen molar-refractivity contribution in [2.45, 2.75) is 32.5 Å². The van der Waals surface area contributed by atoms with Gasteiger partial charge in [-0.05, 0) is 17.5 Å². The lowest BCUT2D eigenvalue weighted by molar-refractivity contribution is 0.117. The first-order chi connectivity index (χ1) is 7.42. The van der Waals surface area contributed by atoms with Crippen LogP contribution in [0.5, 0.6) is 0 Å². The minimum atomic E-state index is 0.330. The van der Waals surface area contributed by atoms with Gasteiger partial charge >= 0.3 is 0 Å². The van der Waals surface area contributed by atoms with Gasteiger partial charge in [0.1, 0.15) is 6.10 Å². The Morgan fingerprint density at radius 2 is 2.20 bits per heavy atom. The highest BCUT2D eigenvalue weighted by Crippen LogP contribution is 2.32. The molecule has 0 bridgehead atoms. The molecule has 2 heteroatoms. The number of rotatable bonds is 6.